The molecule has 3 rings (SSSR count). The average Bonchev–Trinajstić information content (AvgIpc) is 3.07. The van der Waals surface area contributed by atoms with Crippen LogP contribution < -0.4 is 5.73 Å². The number of halogens is 1. The fourth-order valence-corrected chi connectivity index (χ4v) is 3.85. The van der Waals surface area contributed by atoms with Gasteiger partial charge < -0.3 is 10.6 Å². The normalized spacial score (nSPS) is 19.5. The predicted molar refractivity (Wildman–Crippen MR) is 113 cm³/mol. The van der Waals surface area contributed by atoms with Crippen molar-refractivity contribution >= 4 is 18.3 Å². The van der Waals surface area contributed by atoms with Gasteiger partial charge in [0.25, 0.3) is 0 Å². The SMILES string of the molecule is Cc1ccccc1CN(C)C(=O)CN1C[C@@H](CN)[C@H](c2ccccc2)C1.Cl. The maximum absolute atomic E-state index is 12.7. The molecule has 2 aromatic rings. The molecule has 5 heteroatoms. The van der Waals surface area contributed by atoms with E-state index in [0.29, 0.717) is 31.5 Å². The molecule has 0 bridgehead atoms. The van der Waals surface area contributed by atoms with Crippen molar-refractivity contribution in [2.24, 2.45) is 11.7 Å². The third-order valence-electron chi connectivity index (χ3n) is 5.50. The summed E-state index contributed by atoms with van der Waals surface area (Å²) in [6.45, 7) is 5.65. The van der Waals surface area contributed by atoms with E-state index in [-0.39, 0.29) is 18.3 Å². The average molecular weight is 388 g/mol. The highest BCUT2D eigenvalue weighted by Crippen LogP contribution is 2.31. The van der Waals surface area contributed by atoms with Crippen molar-refractivity contribution in [3.8, 4) is 0 Å². The van der Waals surface area contributed by atoms with Gasteiger partial charge in [0, 0.05) is 32.6 Å². The Labute approximate surface area is 168 Å². The van der Waals surface area contributed by atoms with Crippen LogP contribution in [0.4, 0.5) is 0 Å². The van der Waals surface area contributed by atoms with Crippen molar-refractivity contribution in [1.29, 1.82) is 0 Å². The molecule has 4 nitrogen and oxygen atoms in total. The molecule has 1 heterocycles. The molecule has 1 aliphatic heterocycles. The van der Waals surface area contributed by atoms with Crippen LogP contribution in [-0.2, 0) is 11.3 Å². The molecule has 1 aliphatic rings. The number of hydrogen-bond donors (Lipinski definition) is 1. The van der Waals surface area contributed by atoms with Crippen molar-refractivity contribution < 1.29 is 4.79 Å². The molecule has 0 saturated carbocycles. The molecule has 2 atom stereocenters. The second-order valence-electron chi connectivity index (χ2n) is 7.38. The summed E-state index contributed by atoms with van der Waals surface area (Å²) in [5, 5.41) is 0. The van der Waals surface area contributed by atoms with Crippen LogP contribution in [0, 0.1) is 12.8 Å². The highest BCUT2D eigenvalue weighted by molar-refractivity contribution is 5.85. The van der Waals surface area contributed by atoms with Gasteiger partial charge in [-0.1, -0.05) is 54.6 Å². The molecule has 1 fully saturated rings. The lowest BCUT2D eigenvalue weighted by Gasteiger charge is -2.22. The summed E-state index contributed by atoms with van der Waals surface area (Å²) in [5.41, 5.74) is 9.76. The summed E-state index contributed by atoms with van der Waals surface area (Å²) < 4.78 is 0. The van der Waals surface area contributed by atoms with Crippen LogP contribution in [0.3, 0.4) is 0 Å². The zero-order chi connectivity index (χ0) is 18.5. The maximum Gasteiger partial charge on any atom is 0.236 e. The highest BCUT2D eigenvalue weighted by Gasteiger charge is 2.33. The number of amides is 1. The van der Waals surface area contributed by atoms with Crippen molar-refractivity contribution in [3.63, 3.8) is 0 Å². The van der Waals surface area contributed by atoms with Gasteiger partial charge >= 0.3 is 0 Å². The highest BCUT2D eigenvalue weighted by atomic mass is 35.5. The van der Waals surface area contributed by atoms with Crippen LogP contribution in [0.15, 0.2) is 54.6 Å². The van der Waals surface area contributed by atoms with Gasteiger partial charge in [-0.05, 0) is 36.1 Å². The Hall–Kier alpha value is -1.88. The monoisotopic (exact) mass is 387 g/mol. The van der Waals surface area contributed by atoms with Crippen LogP contribution >= 0.6 is 12.4 Å². The number of carbonyl (C=O) groups excluding carboxylic acids is 1. The molecule has 1 amide bonds. The number of nitrogens with zero attached hydrogens (tertiary/aromatic N) is 2. The van der Waals surface area contributed by atoms with Gasteiger partial charge in [0.15, 0.2) is 0 Å². The smallest absolute Gasteiger partial charge is 0.236 e. The van der Waals surface area contributed by atoms with E-state index in [9.17, 15) is 4.79 Å². The van der Waals surface area contributed by atoms with Gasteiger partial charge in [0.1, 0.15) is 0 Å². The largest absolute Gasteiger partial charge is 0.340 e. The molecule has 0 unspecified atom stereocenters. The van der Waals surface area contributed by atoms with E-state index in [0.717, 1.165) is 13.1 Å². The molecular weight excluding hydrogens is 358 g/mol. The van der Waals surface area contributed by atoms with E-state index in [4.69, 9.17) is 5.73 Å². The Kier molecular flexibility index (Phi) is 7.84. The lowest BCUT2D eigenvalue weighted by Crippen LogP contribution is -2.37. The predicted octanol–water partition coefficient (Wildman–Crippen LogP) is 3.05. The minimum Gasteiger partial charge on any atom is -0.340 e. The Bertz CT molecular complexity index is 737. The van der Waals surface area contributed by atoms with Crippen LogP contribution in [0.2, 0.25) is 0 Å². The van der Waals surface area contributed by atoms with E-state index < -0.39 is 0 Å². The number of rotatable bonds is 6. The Balaban J connectivity index is 0.00000261. The molecule has 2 aromatic carbocycles. The topological polar surface area (TPSA) is 49.6 Å². The van der Waals surface area contributed by atoms with E-state index >= 15 is 0 Å². The Morgan fingerprint density at radius 1 is 1.11 bits per heavy atom. The number of likely N-dealkylation sites (N-methyl/N-ethyl adjacent to an activating group) is 1. The molecule has 0 aliphatic carbocycles. The first kappa shape index (κ1) is 21.4. The number of aryl methyl sites for hydroxylation is 1. The first-order valence-corrected chi connectivity index (χ1v) is 9.34. The first-order chi connectivity index (χ1) is 12.6. The quantitative estimate of drug-likeness (QED) is 0.828. The summed E-state index contributed by atoms with van der Waals surface area (Å²) in [7, 11) is 1.89. The molecule has 2 N–H and O–H groups in total. The molecule has 0 aromatic heterocycles. The number of likely N-dealkylation sites (tertiary alicyclic amines) is 1. The lowest BCUT2D eigenvalue weighted by molar-refractivity contribution is -0.131. The van der Waals surface area contributed by atoms with Crippen LogP contribution in [0.25, 0.3) is 0 Å². The van der Waals surface area contributed by atoms with E-state index in [1.165, 1.54) is 16.7 Å². The van der Waals surface area contributed by atoms with Crippen LogP contribution in [0.5, 0.6) is 0 Å². The summed E-state index contributed by atoms with van der Waals surface area (Å²) in [6.07, 6.45) is 0. The van der Waals surface area contributed by atoms with Gasteiger partial charge in [0.2, 0.25) is 5.91 Å². The summed E-state index contributed by atoms with van der Waals surface area (Å²) in [5.74, 6) is 0.986. The number of hydrogen-bond acceptors (Lipinski definition) is 3. The zero-order valence-corrected chi connectivity index (χ0v) is 17.0. The summed E-state index contributed by atoms with van der Waals surface area (Å²) in [6, 6.07) is 18.8. The molecular formula is C22H30ClN3O. The van der Waals surface area contributed by atoms with Gasteiger partial charge in [-0.2, -0.15) is 0 Å². The second-order valence-corrected chi connectivity index (χ2v) is 7.38. The van der Waals surface area contributed by atoms with E-state index in [2.05, 4.69) is 48.2 Å². The number of benzene rings is 2. The van der Waals surface area contributed by atoms with E-state index in [1.54, 1.807) is 0 Å². The molecule has 146 valence electrons. The van der Waals surface area contributed by atoms with Crippen molar-refractivity contribution in [3.05, 3.63) is 71.3 Å². The van der Waals surface area contributed by atoms with Gasteiger partial charge in [-0.3, -0.25) is 9.69 Å². The van der Waals surface area contributed by atoms with Gasteiger partial charge in [-0.25, -0.2) is 0 Å². The van der Waals surface area contributed by atoms with Crippen LogP contribution in [-0.4, -0.2) is 48.9 Å². The molecule has 0 spiro atoms. The second kappa shape index (κ2) is 9.88. The Morgan fingerprint density at radius 3 is 2.44 bits per heavy atom. The third kappa shape index (κ3) is 5.32. The summed E-state index contributed by atoms with van der Waals surface area (Å²) in [4.78, 5) is 16.8. The van der Waals surface area contributed by atoms with E-state index in [1.807, 2.05) is 30.1 Å². The lowest BCUT2D eigenvalue weighted by atomic mass is 9.89. The van der Waals surface area contributed by atoms with Crippen LogP contribution in [0.1, 0.15) is 22.6 Å². The number of nitrogens with two attached hydrogens (primary N) is 1. The Morgan fingerprint density at radius 2 is 1.78 bits per heavy atom. The summed E-state index contributed by atoms with van der Waals surface area (Å²) >= 11 is 0. The standard InChI is InChI=1S/C22H29N3O.ClH/c1-17-8-6-7-11-19(17)13-24(2)22(26)16-25-14-20(12-23)21(15-25)18-9-4-3-5-10-18;/h3-11,20-21H,12-16,23H2,1-2H3;1H/t20-,21+;/m1./s1. The minimum atomic E-state index is 0. The third-order valence-corrected chi connectivity index (χ3v) is 5.50. The molecule has 1 saturated heterocycles. The fraction of sp³-hybridized carbons (Fsp3) is 0.409. The van der Waals surface area contributed by atoms with Gasteiger partial charge in [-0.15, -0.1) is 12.4 Å². The van der Waals surface area contributed by atoms with Crippen molar-refractivity contribution in [2.45, 2.75) is 19.4 Å². The first-order valence-electron chi connectivity index (χ1n) is 9.34. The van der Waals surface area contributed by atoms with Gasteiger partial charge in [0.05, 0.1) is 6.54 Å². The van der Waals surface area contributed by atoms with Crippen molar-refractivity contribution in [2.75, 3.05) is 33.2 Å². The molecule has 0 radical (unpaired) electrons. The zero-order valence-electron chi connectivity index (χ0n) is 16.2. The molecule has 27 heavy (non-hydrogen) atoms. The fourth-order valence-electron chi connectivity index (χ4n) is 3.85. The maximum atomic E-state index is 12.7. The number of carbonyl (C=O) groups is 1. The van der Waals surface area contributed by atoms with Crippen molar-refractivity contribution in [1.82, 2.24) is 9.80 Å². The minimum absolute atomic E-state index is 0.